The molecule has 2 aromatic carbocycles. The summed E-state index contributed by atoms with van der Waals surface area (Å²) in [5, 5.41) is 0.366. The standard InChI is InChI=1S/C21H22FN3O3S2/c1-24(2)16-7-9-17(10-8-16)25-18-12-30(27,28)13-19(18)29-21(25)23-20(26)11-14-3-5-15(22)6-4-14/h3-10,18-19H,11-13H2,1-2H3/t18-,19+/m1/s1. The molecule has 0 N–H and O–H groups in total. The molecule has 0 radical (unpaired) electrons. The van der Waals surface area contributed by atoms with Crippen LogP contribution in [-0.4, -0.2) is 56.4 Å². The van der Waals surface area contributed by atoms with Crippen molar-refractivity contribution < 1.29 is 17.6 Å². The van der Waals surface area contributed by atoms with Crippen LogP contribution in [0, 0.1) is 5.82 Å². The van der Waals surface area contributed by atoms with Crippen LogP contribution in [0.2, 0.25) is 0 Å². The van der Waals surface area contributed by atoms with Crippen molar-refractivity contribution >= 4 is 44.0 Å². The predicted molar refractivity (Wildman–Crippen MR) is 120 cm³/mol. The van der Waals surface area contributed by atoms with E-state index < -0.39 is 9.84 Å². The lowest BCUT2D eigenvalue weighted by Crippen LogP contribution is -2.37. The Labute approximate surface area is 179 Å². The SMILES string of the molecule is CN(C)c1ccc(N2C(=NC(=O)Cc3ccc(F)cc3)S[C@H]3CS(=O)(=O)C[C@H]32)cc1. The van der Waals surface area contributed by atoms with Gasteiger partial charge < -0.3 is 9.80 Å². The molecule has 6 nitrogen and oxygen atoms in total. The van der Waals surface area contributed by atoms with Crippen LogP contribution in [0.5, 0.6) is 0 Å². The number of hydrogen-bond acceptors (Lipinski definition) is 5. The minimum Gasteiger partial charge on any atom is -0.378 e. The topological polar surface area (TPSA) is 70.0 Å². The fraction of sp³-hybridized carbons (Fsp3) is 0.333. The maximum atomic E-state index is 13.1. The second-order valence-corrected chi connectivity index (χ2v) is 11.0. The Morgan fingerprint density at radius 1 is 1.13 bits per heavy atom. The van der Waals surface area contributed by atoms with Crippen LogP contribution in [0.25, 0.3) is 0 Å². The van der Waals surface area contributed by atoms with Gasteiger partial charge in [0.05, 0.1) is 24.0 Å². The van der Waals surface area contributed by atoms with Gasteiger partial charge in [0, 0.05) is 30.7 Å². The summed E-state index contributed by atoms with van der Waals surface area (Å²) in [5.41, 5.74) is 2.51. The number of hydrogen-bond donors (Lipinski definition) is 0. The van der Waals surface area contributed by atoms with Crippen molar-refractivity contribution in [3.8, 4) is 0 Å². The van der Waals surface area contributed by atoms with E-state index in [1.807, 2.05) is 48.2 Å². The van der Waals surface area contributed by atoms with Crippen LogP contribution < -0.4 is 9.80 Å². The molecule has 30 heavy (non-hydrogen) atoms. The molecule has 2 atom stereocenters. The average Bonchev–Trinajstić information content (AvgIpc) is 3.14. The Morgan fingerprint density at radius 2 is 1.80 bits per heavy atom. The second kappa shape index (κ2) is 8.03. The van der Waals surface area contributed by atoms with Crippen molar-refractivity contribution in [2.75, 3.05) is 35.4 Å². The first-order chi connectivity index (χ1) is 14.2. The number of benzene rings is 2. The van der Waals surface area contributed by atoms with Gasteiger partial charge in [-0.1, -0.05) is 23.9 Å². The maximum absolute atomic E-state index is 13.1. The molecule has 2 aromatic rings. The van der Waals surface area contributed by atoms with Crippen molar-refractivity contribution in [3.05, 3.63) is 59.9 Å². The molecule has 0 bridgehead atoms. The highest BCUT2D eigenvalue weighted by Gasteiger charge is 2.49. The molecule has 0 aliphatic carbocycles. The number of halogens is 1. The number of amides is 1. The number of nitrogens with zero attached hydrogens (tertiary/aromatic N) is 3. The summed E-state index contributed by atoms with van der Waals surface area (Å²) in [4.78, 5) is 20.7. The van der Waals surface area contributed by atoms with Crippen molar-refractivity contribution in [1.29, 1.82) is 0 Å². The van der Waals surface area contributed by atoms with Gasteiger partial charge in [0.2, 0.25) is 0 Å². The van der Waals surface area contributed by atoms with E-state index in [2.05, 4.69) is 4.99 Å². The van der Waals surface area contributed by atoms with Crippen molar-refractivity contribution in [2.24, 2.45) is 4.99 Å². The minimum atomic E-state index is -3.12. The van der Waals surface area contributed by atoms with Crippen LogP contribution in [0.3, 0.4) is 0 Å². The molecule has 0 spiro atoms. The summed E-state index contributed by atoms with van der Waals surface area (Å²) in [6.45, 7) is 0. The van der Waals surface area contributed by atoms with E-state index in [-0.39, 0.29) is 40.9 Å². The predicted octanol–water partition coefficient (Wildman–Crippen LogP) is 2.74. The van der Waals surface area contributed by atoms with Crippen molar-refractivity contribution in [2.45, 2.75) is 17.7 Å². The fourth-order valence-corrected chi connectivity index (χ4v) is 7.63. The Hall–Kier alpha value is -2.39. The Kier molecular flexibility index (Phi) is 5.59. The number of carbonyl (C=O) groups excluding carboxylic acids is 1. The van der Waals surface area contributed by atoms with Gasteiger partial charge >= 0.3 is 0 Å². The lowest BCUT2D eigenvalue weighted by Gasteiger charge is -2.25. The number of fused-ring (bicyclic) bond motifs is 1. The summed E-state index contributed by atoms with van der Waals surface area (Å²) < 4.78 is 37.4. The number of carbonyl (C=O) groups is 1. The summed E-state index contributed by atoms with van der Waals surface area (Å²) >= 11 is 1.34. The van der Waals surface area contributed by atoms with E-state index >= 15 is 0 Å². The Balaban J connectivity index is 1.62. The highest BCUT2D eigenvalue weighted by molar-refractivity contribution is 8.16. The monoisotopic (exact) mass is 447 g/mol. The molecule has 4 rings (SSSR count). The second-order valence-electron chi connectivity index (χ2n) is 7.67. The number of rotatable bonds is 4. The normalized spacial score (nSPS) is 23.6. The van der Waals surface area contributed by atoms with E-state index in [1.54, 1.807) is 12.1 Å². The van der Waals surface area contributed by atoms with E-state index in [1.165, 1.54) is 23.9 Å². The molecular formula is C21H22FN3O3S2. The Morgan fingerprint density at radius 3 is 2.43 bits per heavy atom. The molecule has 0 unspecified atom stereocenters. The first kappa shape index (κ1) is 20.9. The first-order valence-corrected chi connectivity index (χ1v) is 12.2. The molecule has 0 saturated carbocycles. The van der Waals surface area contributed by atoms with Crippen LogP contribution >= 0.6 is 11.8 Å². The molecule has 2 aliphatic heterocycles. The van der Waals surface area contributed by atoms with Gasteiger partial charge in [0.25, 0.3) is 5.91 Å². The van der Waals surface area contributed by atoms with Crippen LogP contribution in [-0.2, 0) is 21.1 Å². The highest BCUT2D eigenvalue weighted by Crippen LogP contribution is 2.41. The number of anilines is 2. The molecule has 9 heteroatoms. The number of aliphatic imine (C=N–C) groups is 1. The molecule has 1 amide bonds. The highest BCUT2D eigenvalue weighted by atomic mass is 32.2. The first-order valence-electron chi connectivity index (χ1n) is 9.51. The van der Waals surface area contributed by atoms with Gasteiger partial charge in [-0.15, -0.1) is 0 Å². The number of sulfone groups is 1. The van der Waals surface area contributed by atoms with Gasteiger partial charge in [-0.2, -0.15) is 4.99 Å². The third-order valence-corrected chi connectivity index (χ3v) is 8.41. The molecule has 2 fully saturated rings. The quantitative estimate of drug-likeness (QED) is 0.718. The van der Waals surface area contributed by atoms with E-state index in [0.29, 0.717) is 10.7 Å². The summed E-state index contributed by atoms with van der Waals surface area (Å²) in [6, 6.07) is 13.3. The van der Waals surface area contributed by atoms with Gasteiger partial charge in [-0.05, 0) is 42.0 Å². The molecule has 158 valence electrons. The average molecular weight is 448 g/mol. The van der Waals surface area contributed by atoms with Gasteiger partial charge in [-0.3, -0.25) is 4.79 Å². The summed E-state index contributed by atoms with van der Waals surface area (Å²) in [5.74, 6) is -0.572. The largest absolute Gasteiger partial charge is 0.378 e. The maximum Gasteiger partial charge on any atom is 0.252 e. The molecule has 2 saturated heterocycles. The lowest BCUT2D eigenvalue weighted by molar-refractivity contribution is -0.117. The molecular weight excluding hydrogens is 425 g/mol. The van der Waals surface area contributed by atoms with Crippen LogP contribution in [0.1, 0.15) is 5.56 Å². The fourth-order valence-electron chi connectivity index (χ4n) is 3.70. The molecule has 2 aliphatic rings. The third-order valence-electron chi connectivity index (χ3n) is 5.20. The van der Waals surface area contributed by atoms with Crippen LogP contribution in [0.15, 0.2) is 53.5 Å². The smallest absolute Gasteiger partial charge is 0.252 e. The van der Waals surface area contributed by atoms with Gasteiger partial charge in [0.1, 0.15) is 5.82 Å². The van der Waals surface area contributed by atoms with Gasteiger partial charge in [0.15, 0.2) is 15.0 Å². The molecule has 0 aromatic heterocycles. The van der Waals surface area contributed by atoms with E-state index in [9.17, 15) is 17.6 Å². The van der Waals surface area contributed by atoms with Crippen LogP contribution in [0.4, 0.5) is 15.8 Å². The molecule has 2 heterocycles. The summed E-state index contributed by atoms with van der Waals surface area (Å²) in [7, 11) is 0.773. The van der Waals surface area contributed by atoms with E-state index in [4.69, 9.17) is 0 Å². The lowest BCUT2D eigenvalue weighted by atomic mass is 10.1. The minimum absolute atomic E-state index is 0.0469. The third kappa shape index (κ3) is 4.37. The van der Waals surface area contributed by atoms with Crippen molar-refractivity contribution in [1.82, 2.24) is 0 Å². The van der Waals surface area contributed by atoms with Crippen molar-refractivity contribution in [3.63, 3.8) is 0 Å². The number of thioether (sulfide) groups is 1. The zero-order valence-corrected chi connectivity index (χ0v) is 18.3. The Bertz CT molecular complexity index is 1080. The summed E-state index contributed by atoms with van der Waals surface area (Å²) in [6.07, 6.45) is 0.0609. The zero-order chi connectivity index (χ0) is 21.5. The van der Waals surface area contributed by atoms with E-state index in [0.717, 1.165) is 11.4 Å². The zero-order valence-electron chi connectivity index (χ0n) is 16.7. The van der Waals surface area contributed by atoms with Gasteiger partial charge in [-0.25, -0.2) is 12.8 Å². The number of amidine groups is 1.